The number of hydrogen-bond acceptors (Lipinski definition) is 4. The molecule has 0 unspecified atom stereocenters. The Kier molecular flexibility index (Phi) is 4.39. The number of amides is 2. The van der Waals surface area contributed by atoms with E-state index in [0.717, 1.165) is 12.8 Å². The van der Waals surface area contributed by atoms with Crippen LogP contribution in [0.15, 0.2) is 46.9 Å². The van der Waals surface area contributed by atoms with E-state index in [9.17, 15) is 9.59 Å². The van der Waals surface area contributed by atoms with E-state index in [0.29, 0.717) is 33.9 Å². The Bertz CT molecular complexity index is 1020. The van der Waals surface area contributed by atoms with Gasteiger partial charge < -0.3 is 15.1 Å². The summed E-state index contributed by atoms with van der Waals surface area (Å²) in [5.74, 6) is 0.762. The fourth-order valence-corrected chi connectivity index (χ4v) is 2.80. The van der Waals surface area contributed by atoms with Gasteiger partial charge in [0.05, 0.1) is 0 Å². The zero-order valence-electron chi connectivity index (χ0n) is 15.3. The van der Waals surface area contributed by atoms with Crippen molar-refractivity contribution in [3.8, 4) is 0 Å². The summed E-state index contributed by atoms with van der Waals surface area (Å²) < 4.78 is 5.69. The Morgan fingerprint density at radius 3 is 2.59 bits per heavy atom. The average Bonchev–Trinajstić information content (AvgIpc) is 3.41. The van der Waals surface area contributed by atoms with Gasteiger partial charge in [0.2, 0.25) is 5.91 Å². The Balaban J connectivity index is 1.49. The van der Waals surface area contributed by atoms with Crippen LogP contribution < -0.4 is 10.6 Å². The van der Waals surface area contributed by atoms with Crippen LogP contribution in [0, 0.1) is 5.92 Å². The van der Waals surface area contributed by atoms with Gasteiger partial charge in [-0.05, 0) is 49.2 Å². The van der Waals surface area contributed by atoms with E-state index in [2.05, 4.69) is 15.6 Å². The molecular formula is C21H21N3O3. The first-order valence-electron chi connectivity index (χ1n) is 9.12. The molecule has 2 amide bonds. The third-order valence-electron chi connectivity index (χ3n) is 4.50. The number of nitrogens with one attached hydrogen (secondary N) is 2. The van der Waals surface area contributed by atoms with Crippen molar-refractivity contribution in [1.82, 2.24) is 4.98 Å². The monoisotopic (exact) mass is 363 g/mol. The van der Waals surface area contributed by atoms with Crippen molar-refractivity contribution >= 4 is 34.3 Å². The topological polar surface area (TPSA) is 84.2 Å². The number of hydrogen-bond donors (Lipinski definition) is 2. The molecule has 6 heteroatoms. The number of aromatic nitrogens is 1. The molecule has 1 saturated carbocycles. The van der Waals surface area contributed by atoms with Gasteiger partial charge in [-0.25, -0.2) is 4.98 Å². The zero-order chi connectivity index (χ0) is 19.0. The molecular weight excluding hydrogens is 342 g/mol. The quantitative estimate of drug-likeness (QED) is 0.696. The first-order valence-corrected chi connectivity index (χ1v) is 9.12. The average molecular weight is 363 g/mol. The van der Waals surface area contributed by atoms with E-state index < -0.39 is 0 Å². The molecule has 1 aliphatic carbocycles. The van der Waals surface area contributed by atoms with Crippen molar-refractivity contribution in [1.29, 1.82) is 0 Å². The SMILES string of the molecule is CC(C)c1nc2cc(NC(=O)c3cccc(NC(=O)C4CC4)c3)ccc2o1. The molecule has 2 aromatic carbocycles. The third kappa shape index (κ3) is 3.84. The number of fused-ring (bicyclic) bond motifs is 1. The maximum absolute atomic E-state index is 12.6. The van der Waals surface area contributed by atoms with Crippen LogP contribution in [0.4, 0.5) is 11.4 Å². The highest BCUT2D eigenvalue weighted by molar-refractivity contribution is 6.06. The predicted octanol–water partition coefficient (Wildman–Crippen LogP) is 4.55. The van der Waals surface area contributed by atoms with Gasteiger partial charge >= 0.3 is 0 Å². The van der Waals surface area contributed by atoms with Gasteiger partial charge in [0.15, 0.2) is 11.5 Å². The van der Waals surface area contributed by atoms with Gasteiger partial charge in [-0.15, -0.1) is 0 Å². The van der Waals surface area contributed by atoms with Crippen LogP contribution in [0.25, 0.3) is 11.1 Å². The van der Waals surface area contributed by atoms with Crippen LogP contribution in [-0.2, 0) is 4.79 Å². The summed E-state index contributed by atoms with van der Waals surface area (Å²) in [6.07, 6.45) is 1.88. The lowest BCUT2D eigenvalue weighted by atomic mass is 10.1. The van der Waals surface area contributed by atoms with E-state index in [1.807, 2.05) is 13.8 Å². The first-order chi connectivity index (χ1) is 13.0. The fourth-order valence-electron chi connectivity index (χ4n) is 2.80. The second kappa shape index (κ2) is 6.87. The molecule has 6 nitrogen and oxygen atoms in total. The van der Waals surface area contributed by atoms with Gasteiger partial charge in [-0.2, -0.15) is 0 Å². The molecule has 0 spiro atoms. The number of carbonyl (C=O) groups is 2. The second-order valence-electron chi connectivity index (χ2n) is 7.19. The molecule has 0 bridgehead atoms. The fraction of sp³-hybridized carbons (Fsp3) is 0.286. The first kappa shape index (κ1) is 17.3. The summed E-state index contributed by atoms with van der Waals surface area (Å²) in [4.78, 5) is 28.9. The number of nitrogens with zero attached hydrogens (tertiary/aromatic N) is 1. The summed E-state index contributed by atoms with van der Waals surface area (Å²) in [5.41, 5.74) is 3.16. The van der Waals surface area contributed by atoms with Gasteiger partial charge in [0, 0.05) is 28.8 Å². The Labute approximate surface area is 157 Å². The predicted molar refractivity (Wildman–Crippen MR) is 104 cm³/mol. The van der Waals surface area contributed by atoms with Crippen LogP contribution in [0.3, 0.4) is 0 Å². The molecule has 138 valence electrons. The zero-order valence-corrected chi connectivity index (χ0v) is 15.3. The van der Waals surface area contributed by atoms with E-state index in [4.69, 9.17) is 4.42 Å². The molecule has 1 heterocycles. The summed E-state index contributed by atoms with van der Waals surface area (Å²) >= 11 is 0. The number of anilines is 2. The molecule has 0 radical (unpaired) electrons. The molecule has 1 fully saturated rings. The maximum Gasteiger partial charge on any atom is 0.255 e. The van der Waals surface area contributed by atoms with E-state index in [-0.39, 0.29) is 23.7 Å². The van der Waals surface area contributed by atoms with E-state index in [1.54, 1.807) is 42.5 Å². The second-order valence-corrected chi connectivity index (χ2v) is 7.19. The Morgan fingerprint density at radius 2 is 1.85 bits per heavy atom. The Hall–Kier alpha value is -3.15. The largest absolute Gasteiger partial charge is 0.440 e. The van der Waals surface area contributed by atoms with E-state index in [1.165, 1.54) is 0 Å². The van der Waals surface area contributed by atoms with Crippen LogP contribution in [0.1, 0.15) is 48.9 Å². The number of benzene rings is 2. The van der Waals surface area contributed by atoms with Gasteiger partial charge in [-0.3, -0.25) is 9.59 Å². The number of rotatable bonds is 5. The molecule has 0 atom stereocenters. The normalized spacial score (nSPS) is 13.7. The van der Waals surface area contributed by atoms with Crippen molar-refractivity contribution in [2.45, 2.75) is 32.6 Å². The number of carbonyl (C=O) groups excluding carboxylic acids is 2. The van der Waals surface area contributed by atoms with Crippen LogP contribution >= 0.6 is 0 Å². The molecule has 0 aliphatic heterocycles. The maximum atomic E-state index is 12.6. The van der Waals surface area contributed by atoms with Gasteiger partial charge in [-0.1, -0.05) is 19.9 Å². The van der Waals surface area contributed by atoms with Crippen LogP contribution in [0.5, 0.6) is 0 Å². The van der Waals surface area contributed by atoms with Gasteiger partial charge in [0.1, 0.15) is 5.52 Å². The minimum Gasteiger partial charge on any atom is -0.440 e. The highest BCUT2D eigenvalue weighted by atomic mass is 16.3. The minimum absolute atomic E-state index is 0.0185. The minimum atomic E-state index is -0.246. The lowest BCUT2D eigenvalue weighted by Crippen LogP contribution is -2.15. The summed E-state index contributed by atoms with van der Waals surface area (Å²) in [5, 5.41) is 5.73. The van der Waals surface area contributed by atoms with Crippen molar-refractivity contribution in [3.05, 3.63) is 53.9 Å². The van der Waals surface area contributed by atoms with Crippen LogP contribution in [0.2, 0.25) is 0 Å². The standard InChI is InChI=1S/C21H21N3O3/c1-12(2)21-24-17-11-16(8-9-18(17)27-21)23-20(26)14-4-3-5-15(10-14)22-19(25)13-6-7-13/h3-5,8-13H,6-7H2,1-2H3,(H,22,25)(H,23,26). The molecule has 27 heavy (non-hydrogen) atoms. The Morgan fingerprint density at radius 1 is 1.07 bits per heavy atom. The number of oxazole rings is 1. The van der Waals surface area contributed by atoms with Crippen molar-refractivity contribution in [2.24, 2.45) is 5.92 Å². The highest BCUT2D eigenvalue weighted by Gasteiger charge is 2.29. The van der Waals surface area contributed by atoms with Crippen molar-refractivity contribution in [3.63, 3.8) is 0 Å². The molecule has 1 aliphatic rings. The lowest BCUT2D eigenvalue weighted by molar-refractivity contribution is -0.117. The third-order valence-corrected chi connectivity index (χ3v) is 4.50. The van der Waals surface area contributed by atoms with Crippen LogP contribution in [-0.4, -0.2) is 16.8 Å². The smallest absolute Gasteiger partial charge is 0.255 e. The molecule has 1 aromatic heterocycles. The lowest BCUT2D eigenvalue weighted by Gasteiger charge is -2.08. The summed E-state index contributed by atoms with van der Waals surface area (Å²) in [7, 11) is 0. The molecule has 2 N–H and O–H groups in total. The molecule has 3 aromatic rings. The van der Waals surface area contributed by atoms with Gasteiger partial charge in [0.25, 0.3) is 5.91 Å². The highest BCUT2D eigenvalue weighted by Crippen LogP contribution is 2.30. The molecule has 0 saturated heterocycles. The van der Waals surface area contributed by atoms with E-state index >= 15 is 0 Å². The summed E-state index contributed by atoms with van der Waals surface area (Å²) in [6.45, 7) is 4.03. The summed E-state index contributed by atoms with van der Waals surface area (Å²) in [6, 6.07) is 12.3. The van der Waals surface area contributed by atoms with Crippen molar-refractivity contribution in [2.75, 3.05) is 10.6 Å². The van der Waals surface area contributed by atoms with Crippen molar-refractivity contribution < 1.29 is 14.0 Å². The molecule has 4 rings (SSSR count).